The second-order valence-corrected chi connectivity index (χ2v) is 4.64. The maximum Gasteiger partial charge on any atom is 0.141 e. The van der Waals surface area contributed by atoms with Gasteiger partial charge < -0.3 is 15.8 Å². The highest BCUT2D eigenvalue weighted by molar-refractivity contribution is 5.54. The SMILES string of the molecule is CCCCCCNCCc1ccc(OC)c(N)c1. The van der Waals surface area contributed by atoms with Crippen molar-refractivity contribution in [1.82, 2.24) is 5.32 Å². The largest absolute Gasteiger partial charge is 0.495 e. The molecule has 1 rings (SSSR count). The molecule has 0 radical (unpaired) electrons. The van der Waals surface area contributed by atoms with Crippen molar-refractivity contribution in [3.8, 4) is 5.75 Å². The second kappa shape index (κ2) is 8.81. The lowest BCUT2D eigenvalue weighted by atomic mass is 10.1. The molecule has 1 aromatic carbocycles. The van der Waals surface area contributed by atoms with Crippen LogP contribution in [0.1, 0.15) is 38.2 Å². The van der Waals surface area contributed by atoms with Crippen LogP contribution in [-0.4, -0.2) is 20.2 Å². The fourth-order valence-corrected chi connectivity index (χ4v) is 1.97. The Labute approximate surface area is 111 Å². The molecule has 0 bridgehead atoms. The summed E-state index contributed by atoms with van der Waals surface area (Å²) in [5.41, 5.74) is 7.85. The summed E-state index contributed by atoms with van der Waals surface area (Å²) in [5.74, 6) is 0.756. The highest BCUT2D eigenvalue weighted by Gasteiger charge is 2.00. The number of nitrogens with two attached hydrogens (primary N) is 1. The van der Waals surface area contributed by atoms with Crippen LogP contribution in [0.15, 0.2) is 18.2 Å². The molecule has 0 spiro atoms. The summed E-state index contributed by atoms with van der Waals surface area (Å²) in [4.78, 5) is 0. The zero-order chi connectivity index (χ0) is 13.2. The van der Waals surface area contributed by atoms with Crippen molar-refractivity contribution < 1.29 is 4.74 Å². The Kier molecular flexibility index (Phi) is 7.26. The van der Waals surface area contributed by atoms with Gasteiger partial charge in [-0.15, -0.1) is 0 Å². The van der Waals surface area contributed by atoms with Crippen LogP contribution in [0.3, 0.4) is 0 Å². The molecule has 18 heavy (non-hydrogen) atoms. The number of hydrogen-bond donors (Lipinski definition) is 2. The molecule has 102 valence electrons. The number of benzene rings is 1. The summed E-state index contributed by atoms with van der Waals surface area (Å²) in [6, 6.07) is 6.01. The summed E-state index contributed by atoms with van der Waals surface area (Å²) in [6.45, 7) is 4.37. The number of unbranched alkanes of at least 4 members (excludes halogenated alkanes) is 3. The second-order valence-electron chi connectivity index (χ2n) is 4.64. The predicted octanol–water partition coefficient (Wildman–Crippen LogP) is 2.99. The van der Waals surface area contributed by atoms with E-state index in [0.717, 1.165) is 30.9 Å². The zero-order valence-electron chi connectivity index (χ0n) is 11.7. The smallest absolute Gasteiger partial charge is 0.141 e. The Morgan fingerprint density at radius 1 is 1.17 bits per heavy atom. The van der Waals surface area contributed by atoms with Gasteiger partial charge in [0.1, 0.15) is 5.75 Å². The standard InChI is InChI=1S/C15H26N2O/c1-3-4-5-6-10-17-11-9-13-7-8-15(18-2)14(16)12-13/h7-8,12,17H,3-6,9-11,16H2,1-2H3. The van der Waals surface area contributed by atoms with Crippen molar-refractivity contribution in [2.24, 2.45) is 0 Å². The number of nitrogen functional groups attached to an aromatic ring is 1. The molecule has 3 N–H and O–H groups in total. The molecule has 0 aliphatic rings. The van der Waals surface area contributed by atoms with Crippen molar-refractivity contribution in [3.05, 3.63) is 23.8 Å². The molecule has 3 nitrogen and oxygen atoms in total. The van der Waals surface area contributed by atoms with Gasteiger partial charge >= 0.3 is 0 Å². The van der Waals surface area contributed by atoms with Crippen molar-refractivity contribution in [2.45, 2.75) is 39.0 Å². The number of anilines is 1. The molecule has 0 heterocycles. The molecule has 0 aromatic heterocycles. The van der Waals surface area contributed by atoms with Crippen molar-refractivity contribution >= 4 is 5.69 Å². The Morgan fingerprint density at radius 2 is 2.00 bits per heavy atom. The van der Waals surface area contributed by atoms with Crippen LogP contribution in [0.25, 0.3) is 0 Å². The minimum atomic E-state index is 0.720. The summed E-state index contributed by atoms with van der Waals surface area (Å²) in [7, 11) is 1.64. The Balaban J connectivity index is 2.17. The average Bonchev–Trinajstić information content (AvgIpc) is 2.38. The van der Waals surface area contributed by atoms with Crippen molar-refractivity contribution in [1.29, 1.82) is 0 Å². The van der Waals surface area contributed by atoms with Gasteiger partial charge in [0.15, 0.2) is 0 Å². The molecule has 0 fully saturated rings. The Morgan fingerprint density at radius 3 is 2.67 bits per heavy atom. The van der Waals surface area contributed by atoms with E-state index in [1.54, 1.807) is 7.11 Å². The van der Waals surface area contributed by atoms with E-state index in [0.29, 0.717) is 0 Å². The van der Waals surface area contributed by atoms with E-state index in [1.807, 2.05) is 12.1 Å². The lowest BCUT2D eigenvalue weighted by Crippen LogP contribution is -2.18. The summed E-state index contributed by atoms with van der Waals surface area (Å²) in [5, 5.41) is 3.47. The number of methoxy groups -OCH3 is 1. The lowest BCUT2D eigenvalue weighted by Gasteiger charge is -2.08. The third kappa shape index (κ3) is 5.41. The van der Waals surface area contributed by atoms with Gasteiger partial charge in [-0.2, -0.15) is 0 Å². The van der Waals surface area contributed by atoms with E-state index in [9.17, 15) is 0 Å². The topological polar surface area (TPSA) is 47.3 Å². The van der Waals surface area contributed by atoms with E-state index in [2.05, 4.69) is 18.3 Å². The summed E-state index contributed by atoms with van der Waals surface area (Å²) in [6.07, 6.45) is 6.27. The third-order valence-electron chi connectivity index (χ3n) is 3.09. The van der Waals surface area contributed by atoms with E-state index in [4.69, 9.17) is 10.5 Å². The van der Waals surface area contributed by atoms with Gasteiger partial charge in [-0.05, 0) is 43.6 Å². The lowest BCUT2D eigenvalue weighted by molar-refractivity contribution is 0.417. The molecular weight excluding hydrogens is 224 g/mol. The van der Waals surface area contributed by atoms with Gasteiger partial charge in [0.05, 0.1) is 12.8 Å². The maximum atomic E-state index is 5.87. The minimum absolute atomic E-state index is 0.720. The minimum Gasteiger partial charge on any atom is -0.495 e. The number of rotatable bonds is 9. The molecule has 0 unspecified atom stereocenters. The summed E-state index contributed by atoms with van der Waals surface area (Å²) >= 11 is 0. The average molecular weight is 250 g/mol. The van der Waals surface area contributed by atoms with Gasteiger partial charge in [0, 0.05) is 0 Å². The fraction of sp³-hybridized carbons (Fsp3) is 0.600. The van der Waals surface area contributed by atoms with Crippen molar-refractivity contribution in [2.75, 3.05) is 25.9 Å². The van der Waals surface area contributed by atoms with Crippen LogP contribution in [-0.2, 0) is 6.42 Å². The zero-order valence-corrected chi connectivity index (χ0v) is 11.7. The highest BCUT2D eigenvalue weighted by Crippen LogP contribution is 2.21. The van der Waals surface area contributed by atoms with Crippen LogP contribution in [0.4, 0.5) is 5.69 Å². The van der Waals surface area contributed by atoms with Gasteiger partial charge in [0.2, 0.25) is 0 Å². The van der Waals surface area contributed by atoms with Crippen LogP contribution >= 0.6 is 0 Å². The molecule has 3 heteroatoms. The number of nitrogens with one attached hydrogen (secondary N) is 1. The molecule has 0 aliphatic carbocycles. The first-order valence-electron chi connectivity index (χ1n) is 6.91. The molecule has 0 atom stereocenters. The molecule has 0 amide bonds. The van der Waals surface area contributed by atoms with Gasteiger partial charge in [-0.1, -0.05) is 32.3 Å². The predicted molar refractivity (Wildman–Crippen MR) is 78.1 cm³/mol. The first-order chi connectivity index (χ1) is 8.77. The quantitative estimate of drug-likeness (QED) is 0.523. The van der Waals surface area contributed by atoms with Crippen LogP contribution in [0.2, 0.25) is 0 Å². The van der Waals surface area contributed by atoms with Crippen LogP contribution < -0.4 is 15.8 Å². The van der Waals surface area contributed by atoms with E-state index in [1.165, 1.54) is 31.2 Å². The first-order valence-corrected chi connectivity index (χ1v) is 6.91. The molecule has 0 saturated carbocycles. The normalized spacial score (nSPS) is 10.6. The van der Waals surface area contributed by atoms with E-state index in [-0.39, 0.29) is 0 Å². The highest BCUT2D eigenvalue weighted by atomic mass is 16.5. The van der Waals surface area contributed by atoms with Gasteiger partial charge in [-0.3, -0.25) is 0 Å². The fourth-order valence-electron chi connectivity index (χ4n) is 1.97. The Bertz CT molecular complexity index is 339. The maximum absolute atomic E-state index is 5.87. The summed E-state index contributed by atoms with van der Waals surface area (Å²) < 4.78 is 5.14. The van der Waals surface area contributed by atoms with Crippen LogP contribution in [0, 0.1) is 0 Å². The molecular formula is C15H26N2O. The monoisotopic (exact) mass is 250 g/mol. The van der Waals surface area contributed by atoms with E-state index >= 15 is 0 Å². The first kappa shape index (κ1) is 14.8. The number of ether oxygens (including phenoxy) is 1. The van der Waals surface area contributed by atoms with Crippen molar-refractivity contribution in [3.63, 3.8) is 0 Å². The third-order valence-corrected chi connectivity index (χ3v) is 3.09. The number of hydrogen-bond acceptors (Lipinski definition) is 3. The molecule has 1 aromatic rings. The van der Waals surface area contributed by atoms with Crippen LogP contribution in [0.5, 0.6) is 5.75 Å². The van der Waals surface area contributed by atoms with Gasteiger partial charge in [0.25, 0.3) is 0 Å². The molecule has 0 saturated heterocycles. The molecule has 0 aliphatic heterocycles. The van der Waals surface area contributed by atoms with E-state index < -0.39 is 0 Å². The van der Waals surface area contributed by atoms with Gasteiger partial charge in [-0.25, -0.2) is 0 Å². The Hall–Kier alpha value is -1.22.